The van der Waals surface area contributed by atoms with Gasteiger partial charge in [0.1, 0.15) is 5.82 Å². The molecule has 0 atom stereocenters. The zero-order valence-electron chi connectivity index (χ0n) is 16.8. The van der Waals surface area contributed by atoms with Crippen LogP contribution < -0.4 is 21.9 Å². The number of nitriles is 1. The zero-order valence-corrected chi connectivity index (χ0v) is 17.5. The van der Waals surface area contributed by atoms with Crippen LogP contribution in [0.2, 0.25) is 5.02 Å². The molecule has 0 bridgehead atoms. The van der Waals surface area contributed by atoms with Gasteiger partial charge in [-0.3, -0.25) is 13.9 Å². The molecule has 8 nitrogen and oxygen atoms in total. The van der Waals surface area contributed by atoms with Gasteiger partial charge in [0.2, 0.25) is 0 Å². The van der Waals surface area contributed by atoms with Crippen molar-refractivity contribution in [1.29, 1.82) is 5.26 Å². The summed E-state index contributed by atoms with van der Waals surface area (Å²) in [7, 11) is 3.02. The summed E-state index contributed by atoms with van der Waals surface area (Å²) in [5.74, 6) is 0.652. The van der Waals surface area contributed by atoms with E-state index in [2.05, 4.69) is 11.0 Å². The molecule has 0 saturated carbocycles. The van der Waals surface area contributed by atoms with E-state index >= 15 is 0 Å². The Balaban J connectivity index is 2.26. The SMILES string of the molecule is Cn1c(=O)c2c(-c3ccc(Cl)cc3C#N)c(CN)c(N3CCCC3)nc2n(C)c1=O. The largest absolute Gasteiger partial charge is 0.356 e. The zero-order chi connectivity index (χ0) is 21.6. The normalized spacial score (nSPS) is 13.8. The summed E-state index contributed by atoms with van der Waals surface area (Å²) in [6.07, 6.45) is 2.05. The van der Waals surface area contributed by atoms with E-state index in [1.807, 2.05) is 0 Å². The van der Waals surface area contributed by atoms with E-state index in [0.29, 0.717) is 33.1 Å². The maximum atomic E-state index is 13.2. The lowest BCUT2D eigenvalue weighted by Crippen LogP contribution is -2.38. The van der Waals surface area contributed by atoms with Crippen LogP contribution in [0.5, 0.6) is 0 Å². The van der Waals surface area contributed by atoms with E-state index in [1.165, 1.54) is 11.6 Å². The van der Waals surface area contributed by atoms with Crippen molar-refractivity contribution >= 4 is 28.5 Å². The molecule has 0 radical (unpaired) electrons. The molecule has 1 fully saturated rings. The highest BCUT2D eigenvalue weighted by atomic mass is 35.5. The van der Waals surface area contributed by atoms with Gasteiger partial charge < -0.3 is 10.6 Å². The Hall–Kier alpha value is -3.15. The monoisotopic (exact) mass is 424 g/mol. The van der Waals surface area contributed by atoms with E-state index in [4.69, 9.17) is 22.3 Å². The standard InChI is InChI=1S/C21H21ClN6O2/c1-26-19-17(20(29)27(2)21(26)30)16(14-6-5-13(22)9-12(14)10-23)15(11-24)18(25-19)28-7-3-4-8-28/h5-6,9H,3-4,7-8,11,24H2,1-2H3. The van der Waals surface area contributed by atoms with E-state index in [9.17, 15) is 14.9 Å². The third-order valence-corrected chi connectivity index (χ3v) is 5.88. The summed E-state index contributed by atoms with van der Waals surface area (Å²) in [5, 5.41) is 10.4. The highest BCUT2D eigenvalue weighted by Crippen LogP contribution is 2.37. The second kappa shape index (κ2) is 7.59. The number of fused-ring (bicyclic) bond motifs is 1. The number of rotatable bonds is 3. The number of hydrogen-bond donors (Lipinski definition) is 1. The van der Waals surface area contributed by atoms with Gasteiger partial charge >= 0.3 is 5.69 Å². The molecule has 9 heteroatoms. The van der Waals surface area contributed by atoms with E-state index in [-0.39, 0.29) is 17.6 Å². The molecular formula is C21H21ClN6O2. The molecule has 1 aromatic carbocycles. The fourth-order valence-electron chi connectivity index (χ4n) is 4.12. The molecule has 0 amide bonds. The quantitative estimate of drug-likeness (QED) is 0.687. The number of halogens is 1. The molecule has 2 N–H and O–H groups in total. The number of aryl methyl sites for hydroxylation is 1. The summed E-state index contributed by atoms with van der Waals surface area (Å²) in [5.41, 5.74) is 7.60. The lowest BCUT2D eigenvalue weighted by Gasteiger charge is -2.24. The Morgan fingerprint density at radius 1 is 1.20 bits per heavy atom. The van der Waals surface area contributed by atoms with Crippen molar-refractivity contribution in [2.24, 2.45) is 19.8 Å². The Bertz CT molecular complexity index is 1330. The van der Waals surface area contributed by atoms with Crippen LogP contribution in [0, 0.1) is 11.3 Å². The first-order chi connectivity index (χ1) is 14.4. The van der Waals surface area contributed by atoms with Crippen LogP contribution in [-0.4, -0.2) is 27.2 Å². The number of nitrogens with two attached hydrogens (primary N) is 1. The molecule has 30 heavy (non-hydrogen) atoms. The second-order valence-electron chi connectivity index (χ2n) is 7.39. The third-order valence-electron chi connectivity index (χ3n) is 5.65. The van der Waals surface area contributed by atoms with Gasteiger partial charge in [-0.25, -0.2) is 9.78 Å². The van der Waals surface area contributed by atoms with Crippen molar-refractivity contribution in [1.82, 2.24) is 14.1 Å². The predicted molar refractivity (Wildman–Crippen MR) is 117 cm³/mol. The molecule has 1 aliphatic rings. The van der Waals surface area contributed by atoms with Crippen molar-refractivity contribution in [3.05, 3.63) is 55.2 Å². The molecule has 1 saturated heterocycles. The highest BCUT2D eigenvalue weighted by molar-refractivity contribution is 6.30. The topological polar surface area (TPSA) is 110 Å². The van der Waals surface area contributed by atoms with Crippen LogP contribution in [0.1, 0.15) is 24.0 Å². The van der Waals surface area contributed by atoms with Crippen molar-refractivity contribution in [3.63, 3.8) is 0 Å². The van der Waals surface area contributed by atoms with Crippen LogP contribution in [0.4, 0.5) is 5.82 Å². The fourth-order valence-corrected chi connectivity index (χ4v) is 4.29. The van der Waals surface area contributed by atoms with Crippen molar-refractivity contribution < 1.29 is 0 Å². The second-order valence-corrected chi connectivity index (χ2v) is 7.83. The first-order valence-electron chi connectivity index (χ1n) is 9.66. The average Bonchev–Trinajstić information content (AvgIpc) is 3.29. The Kier molecular flexibility index (Phi) is 5.10. The van der Waals surface area contributed by atoms with Crippen LogP contribution in [0.25, 0.3) is 22.2 Å². The summed E-state index contributed by atoms with van der Waals surface area (Å²) in [6, 6.07) is 7.11. The lowest BCUT2D eigenvalue weighted by molar-refractivity contribution is 0.706. The molecule has 154 valence electrons. The number of aromatic nitrogens is 3. The highest BCUT2D eigenvalue weighted by Gasteiger charge is 2.26. The van der Waals surface area contributed by atoms with Crippen molar-refractivity contribution in [2.45, 2.75) is 19.4 Å². The molecule has 2 aromatic heterocycles. The van der Waals surface area contributed by atoms with Gasteiger partial charge in [-0.2, -0.15) is 5.26 Å². The van der Waals surface area contributed by atoms with E-state index in [0.717, 1.165) is 30.5 Å². The Morgan fingerprint density at radius 3 is 2.53 bits per heavy atom. The molecule has 4 rings (SSSR count). The Morgan fingerprint density at radius 2 is 1.90 bits per heavy atom. The molecule has 3 aromatic rings. The maximum Gasteiger partial charge on any atom is 0.332 e. The van der Waals surface area contributed by atoms with Crippen LogP contribution in [-0.2, 0) is 20.6 Å². The van der Waals surface area contributed by atoms with Gasteiger partial charge in [0, 0.05) is 55.4 Å². The van der Waals surface area contributed by atoms with Crippen LogP contribution >= 0.6 is 11.6 Å². The Labute approximate surface area is 177 Å². The summed E-state index contributed by atoms with van der Waals surface area (Å²) in [6.45, 7) is 1.76. The number of benzene rings is 1. The molecule has 0 aliphatic carbocycles. The average molecular weight is 425 g/mol. The van der Waals surface area contributed by atoms with Gasteiger partial charge in [-0.15, -0.1) is 0 Å². The smallest absolute Gasteiger partial charge is 0.332 e. The fraction of sp³-hybridized carbons (Fsp3) is 0.333. The van der Waals surface area contributed by atoms with Gasteiger partial charge in [0.05, 0.1) is 17.0 Å². The molecule has 0 spiro atoms. The van der Waals surface area contributed by atoms with Crippen LogP contribution in [0.15, 0.2) is 27.8 Å². The van der Waals surface area contributed by atoms with E-state index in [1.54, 1.807) is 25.2 Å². The van der Waals surface area contributed by atoms with Gasteiger partial charge in [0.15, 0.2) is 5.65 Å². The molecule has 3 heterocycles. The first-order valence-corrected chi connectivity index (χ1v) is 10.0. The van der Waals surface area contributed by atoms with E-state index < -0.39 is 11.2 Å². The molecule has 0 unspecified atom stereocenters. The first kappa shape index (κ1) is 20.1. The number of anilines is 1. The molecular weight excluding hydrogens is 404 g/mol. The predicted octanol–water partition coefficient (Wildman–Crippen LogP) is 1.88. The lowest BCUT2D eigenvalue weighted by atomic mass is 9.93. The molecule has 1 aliphatic heterocycles. The maximum absolute atomic E-state index is 13.2. The van der Waals surface area contributed by atoms with Crippen molar-refractivity contribution in [2.75, 3.05) is 18.0 Å². The minimum absolute atomic E-state index is 0.129. The minimum Gasteiger partial charge on any atom is -0.356 e. The number of pyridine rings is 1. The van der Waals surface area contributed by atoms with Gasteiger partial charge in [0.25, 0.3) is 5.56 Å². The summed E-state index contributed by atoms with van der Waals surface area (Å²) in [4.78, 5) is 32.6. The number of hydrogen-bond acceptors (Lipinski definition) is 6. The van der Waals surface area contributed by atoms with Gasteiger partial charge in [-0.05, 0) is 25.0 Å². The minimum atomic E-state index is -0.475. The van der Waals surface area contributed by atoms with Gasteiger partial charge in [-0.1, -0.05) is 17.7 Å². The third kappa shape index (κ3) is 2.98. The summed E-state index contributed by atoms with van der Waals surface area (Å²) >= 11 is 6.10. The summed E-state index contributed by atoms with van der Waals surface area (Å²) < 4.78 is 2.41. The van der Waals surface area contributed by atoms with Crippen LogP contribution in [0.3, 0.4) is 0 Å². The number of nitrogens with zero attached hydrogens (tertiary/aromatic N) is 5. The van der Waals surface area contributed by atoms with Crippen molar-refractivity contribution in [3.8, 4) is 17.2 Å².